The molecule has 5 rings (SSSR count). The summed E-state index contributed by atoms with van der Waals surface area (Å²) < 4.78 is 8.45. The van der Waals surface area contributed by atoms with Crippen molar-refractivity contribution < 1.29 is 4.74 Å². The lowest BCUT2D eigenvalue weighted by atomic mass is 10.0. The van der Waals surface area contributed by atoms with Crippen molar-refractivity contribution in [3.8, 4) is 0 Å². The number of rotatable bonds is 5. The fourth-order valence-corrected chi connectivity index (χ4v) is 5.42. The standard InChI is InChI=1S/C22H28N4OS/c28-22-24-20(18-10-3-4-12-23-18)21(26(22)15-17-9-6-14-27-17)19-11-5-13-25(19)16-7-1-2-8-16/h3-5,10-13,16-17,20-21H,1-2,6-9,14-15H2,(H,24,28)/t17-,20-,21+/m0/s1. The van der Waals surface area contributed by atoms with Crippen molar-refractivity contribution in [3.05, 3.63) is 54.1 Å². The van der Waals surface area contributed by atoms with Crippen LogP contribution in [0.2, 0.25) is 0 Å². The van der Waals surface area contributed by atoms with Crippen LogP contribution in [-0.4, -0.2) is 38.8 Å². The van der Waals surface area contributed by atoms with Gasteiger partial charge in [-0.05, 0) is 62.2 Å². The van der Waals surface area contributed by atoms with Gasteiger partial charge in [0.25, 0.3) is 0 Å². The lowest BCUT2D eigenvalue weighted by Crippen LogP contribution is -2.37. The first-order chi connectivity index (χ1) is 13.8. The van der Waals surface area contributed by atoms with Crippen LogP contribution in [0.3, 0.4) is 0 Å². The van der Waals surface area contributed by atoms with Crippen molar-refractivity contribution in [2.45, 2.75) is 62.8 Å². The monoisotopic (exact) mass is 396 g/mol. The van der Waals surface area contributed by atoms with E-state index < -0.39 is 0 Å². The largest absolute Gasteiger partial charge is 0.376 e. The summed E-state index contributed by atoms with van der Waals surface area (Å²) >= 11 is 5.80. The Kier molecular flexibility index (Phi) is 5.07. The van der Waals surface area contributed by atoms with Crippen LogP contribution < -0.4 is 5.32 Å². The maximum Gasteiger partial charge on any atom is 0.170 e. The topological polar surface area (TPSA) is 42.3 Å². The van der Waals surface area contributed by atoms with Crippen LogP contribution in [-0.2, 0) is 4.74 Å². The molecule has 0 amide bonds. The first kappa shape index (κ1) is 18.1. The Balaban J connectivity index is 1.52. The third kappa shape index (κ3) is 3.33. The molecule has 3 aliphatic rings. The van der Waals surface area contributed by atoms with Crippen LogP contribution >= 0.6 is 12.2 Å². The van der Waals surface area contributed by atoms with E-state index in [9.17, 15) is 0 Å². The van der Waals surface area contributed by atoms with Crippen LogP contribution in [0.15, 0.2) is 42.7 Å². The number of nitrogens with one attached hydrogen (secondary N) is 1. The number of nitrogens with zero attached hydrogens (tertiary/aromatic N) is 3. The average molecular weight is 397 g/mol. The van der Waals surface area contributed by atoms with E-state index in [2.05, 4.69) is 50.2 Å². The highest BCUT2D eigenvalue weighted by Gasteiger charge is 2.42. The van der Waals surface area contributed by atoms with Gasteiger partial charge in [-0.2, -0.15) is 0 Å². The van der Waals surface area contributed by atoms with Crippen LogP contribution in [0.5, 0.6) is 0 Å². The summed E-state index contributed by atoms with van der Waals surface area (Å²) in [6, 6.07) is 11.4. The highest BCUT2D eigenvalue weighted by molar-refractivity contribution is 7.80. The molecule has 0 aromatic carbocycles. The minimum atomic E-state index is 0.0603. The molecule has 148 valence electrons. The van der Waals surface area contributed by atoms with E-state index in [1.165, 1.54) is 31.4 Å². The number of ether oxygens (including phenoxy) is 1. The lowest BCUT2D eigenvalue weighted by Gasteiger charge is -2.31. The third-order valence-corrected chi connectivity index (χ3v) is 6.81. The van der Waals surface area contributed by atoms with Gasteiger partial charge in [0.2, 0.25) is 0 Å². The highest BCUT2D eigenvalue weighted by Crippen LogP contribution is 2.42. The quantitative estimate of drug-likeness (QED) is 0.769. The van der Waals surface area contributed by atoms with E-state index in [1.807, 2.05) is 12.3 Å². The number of aromatic nitrogens is 2. The number of hydrogen-bond donors (Lipinski definition) is 1. The lowest BCUT2D eigenvalue weighted by molar-refractivity contribution is 0.0832. The molecule has 1 saturated carbocycles. The summed E-state index contributed by atoms with van der Waals surface area (Å²) in [4.78, 5) is 7.01. The zero-order valence-corrected chi connectivity index (χ0v) is 17.0. The Hall–Kier alpha value is -1.92. The fraction of sp³-hybridized carbons (Fsp3) is 0.545. The molecule has 0 spiro atoms. The van der Waals surface area contributed by atoms with Crippen molar-refractivity contribution in [3.63, 3.8) is 0 Å². The molecule has 3 fully saturated rings. The summed E-state index contributed by atoms with van der Waals surface area (Å²) in [5.74, 6) is 0. The number of thiocarbonyl (C=S) groups is 1. The first-order valence-corrected chi connectivity index (χ1v) is 11.0. The van der Waals surface area contributed by atoms with Gasteiger partial charge in [-0.25, -0.2) is 0 Å². The summed E-state index contributed by atoms with van der Waals surface area (Å²) in [5, 5.41) is 4.39. The molecule has 5 nitrogen and oxygen atoms in total. The molecule has 2 saturated heterocycles. The third-order valence-electron chi connectivity index (χ3n) is 6.46. The Morgan fingerprint density at radius 2 is 2.00 bits per heavy atom. The Morgan fingerprint density at radius 1 is 1.11 bits per heavy atom. The average Bonchev–Trinajstić information content (AvgIpc) is 3.51. The summed E-state index contributed by atoms with van der Waals surface area (Å²) in [7, 11) is 0. The van der Waals surface area contributed by atoms with Gasteiger partial charge in [0.05, 0.1) is 23.9 Å². The second-order valence-corrected chi connectivity index (χ2v) is 8.58. The van der Waals surface area contributed by atoms with E-state index in [-0.39, 0.29) is 18.2 Å². The molecule has 2 aromatic heterocycles. The molecule has 0 bridgehead atoms. The van der Waals surface area contributed by atoms with E-state index in [0.29, 0.717) is 6.04 Å². The molecular formula is C22H28N4OS. The maximum atomic E-state index is 5.95. The van der Waals surface area contributed by atoms with Gasteiger partial charge in [0, 0.05) is 37.3 Å². The fourth-order valence-electron chi connectivity index (χ4n) is 5.10. The minimum Gasteiger partial charge on any atom is -0.376 e. The second-order valence-electron chi connectivity index (χ2n) is 8.19. The molecule has 3 atom stereocenters. The normalized spacial score (nSPS) is 28.2. The molecule has 6 heteroatoms. The molecule has 1 aliphatic carbocycles. The predicted octanol–water partition coefficient (Wildman–Crippen LogP) is 4.15. The van der Waals surface area contributed by atoms with Crippen LogP contribution in [0, 0.1) is 0 Å². The maximum absolute atomic E-state index is 5.95. The number of hydrogen-bond acceptors (Lipinski definition) is 3. The summed E-state index contributed by atoms with van der Waals surface area (Å²) in [6.07, 6.45) is 11.8. The van der Waals surface area contributed by atoms with E-state index in [1.54, 1.807) is 0 Å². The van der Waals surface area contributed by atoms with Crippen molar-refractivity contribution in [2.24, 2.45) is 0 Å². The van der Waals surface area contributed by atoms with Crippen molar-refractivity contribution in [1.29, 1.82) is 0 Å². The molecular weight excluding hydrogens is 368 g/mol. The van der Waals surface area contributed by atoms with Crippen molar-refractivity contribution in [1.82, 2.24) is 19.8 Å². The van der Waals surface area contributed by atoms with Gasteiger partial charge in [-0.3, -0.25) is 4.98 Å². The summed E-state index contributed by atoms with van der Waals surface area (Å²) in [5.41, 5.74) is 2.39. The van der Waals surface area contributed by atoms with Gasteiger partial charge >= 0.3 is 0 Å². The predicted molar refractivity (Wildman–Crippen MR) is 113 cm³/mol. The molecule has 0 radical (unpaired) electrons. The Bertz CT molecular complexity index is 811. The van der Waals surface area contributed by atoms with E-state index >= 15 is 0 Å². The van der Waals surface area contributed by atoms with Gasteiger partial charge in [-0.15, -0.1) is 0 Å². The molecule has 2 aliphatic heterocycles. The van der Waals surface area contributed by atoms with Crippen LogP contribution in [0.4, 0.5) is 0 Å². The van der Waals surface area contributed by atoms with Gasteiger partial charge < -0.3 is 19.5 Å². The van der Waals surface area contributed by atoms with E-state index in [4.69, 9.17) is 17.0 Å². The zero-order valence-electron chi connectivity index (χ0n) is 16.2. The van der Waals surface area contributed by atoms with Gasteiger partial charge in [0.1, 0.15) is 0 Å². The summed E-state index contributed by atoms with van der Waals surface area (Å²) in [6.45, 7) is 1.71. The first-order valence-electron chi connectivity index (χ1n) is 10.6. The second kappa shape index (κ2) is 7.84. The molecule has 28 heavy (non-hydrogen) atoms. The van der Waals surface area contributed by atoms with E-state index in [0.717, 1.165) is 36.8 Å². The van der Waals surface area contributed by atoms with Crippen LogP contribution in [0.25, 0.3) is 0 Å². The molecule has 4 heterocycles. The minimum absolute atomic E-state index is 0.0603. The SMILES string of the molecule is S=C1N[C@@H](c2ccccn2)[C@@H](c2cccn2C2CCCC2)N1C[C@@H]1CCCO1. The molecule has 2 aromatic rings. The molecule has 1 N–H and O–H groups in total. The Morgan fingerprint density at radius 3 is 2.75 bits per heavy atom. The van der Waals surface area contributed by atoms with Crippen molar-refractivity contribution in [2.75, 3.05) is 13.2 Å². The van der Waals surface area contributed by atoms with Crippen molar-refractivity contribution >= 4 is 17.3 Å². The number of pyridine rings is 1. The van der Waals surface area contributed by atoms with Gasteiger partial charge in [-0.1, -0.05) is 18.9 Å². The van der Waals surface area contributed by atoms with Gasteiger partial charge in [0.15, 0.2) is 5.11 Å². The molecule has 0 unspecified atom stereocenters. The van der Waals surface area contributed by atoms with Crippen LogP contribution in [0.1, 0.15) is 68.0 Å². The smallest absolute Gasteiger partial charge is 0.170 e. The highest BCUT2D eigenvalue weighted by atomic mass is 32.1. The Labute approximate surface area is 172 Å². The zero-order chi connectivity index (χ0) is 18.9.